The van der Waals surface area contributed by atoms with Gasteiger partial charge in [0.15, 0.2) is 6.10 Å². The predicted molar refractivity (Wildman–Crippen MR) is 98.2 cm³/mol. The Hall–Kier alpha value is -2.86. The van der Waals surface area contributed by atoms with Gasteiger partial charge in [0.05, 0.1) is 5.69 Å². The summed E-state index contributed by atoms with van der Waals surface area (Å²) in [5, 5.41) is 3.48. The van der Waals surface area contributed by atoms with Crippen LogP contribution < -0.4 is 10.1 Å². The first kappa shape index (κ1) is 17.5. The third kappa shape index (κ3) is 3.95. The third-order valence-electron chi connectivity index (χ3n) is 4.31. The number of hydrogen-bond donors (Lipinski definition) is 1. The van der Waals surface area contributed by atoms with Crippen LogP contribution in [-0.2, 0) is 17.6 Å². The zero-order chi connectivity index (χ0) is 18.8. The first-order chi connectivity index (χ1) is 13.1. The summed E-state index contributed by atoms with van der Waals surface area (Å²) in [4.78, 5) is 16.7. The molecule has 1 amide bonds. The summed E-state index contributed by atoms with van der Waals surface area (Å²) in [6.07, 6.45) is 2.00. The van der Waals surface area contributed by atoms with Crippen LogP contribution in [0.5, 0.6) is 5.75 Å². The van der Waals surface area contributed by atoms with E-state index in [2.05, 4.69) is 10.3 Å². The zero-order valence-electron chi connectivity index (χ0n) is 14.2. The molecular weight excluding hydrogens is 371 g/mol. The lowest BCUT2D eigenvalue weighted by atomic mass is 10.1. The highest BCUT2D eigenvalue weighted by atomic mass is 35.5. The first-order valence-electron chi connectivity index (χ1n) is 8.51. The Bertz CT molecular complexity index is 972. The van der Waals surface area contributed by atoms with Gasteiger partial charge in [0.1, 0.15) is 17.8 Å². The van der Waals surface area contributed by atoms with Gasteiger partial charge in [-0.05, 0) is 48.0 Å². The number of benzene rings is 2. The van der Waals surface area contributed by atoms with Crippen molar-refractivity contribution in [3.05, 3.63) is 70.8 Å². The van der Waals surface area contributed by atoms with E-state index < -0.39 is 6.10 Å². The van der Waals surface area contributed by atoms with Crippen LogP contribution >= 0.6 is 11.6 Å². The van der Waals surface area contributed by atoms with Crippen molar-refractivity contribution in [3.8, 4) is 17.2 Å². The van der Waals surface area contributed by atoms with Crippen molar-refractivity contribution in [1.82, 2.24) is 10.3 Å². The molecule has 0 saturated heterocycles. The minimum Gasteiger partial charge on any atom is -0.480 e. The Morgan fingerprint density at radius 2 is 2.07 bits per heavy atom. The second-order valence-electron chi connectivity index (χ2n) is 6.25. The molecule has 138 valence electrons. The maximum atomic E-state index is 13.0. The molecule has 1 atom stereocenters. The van der Waals surface area contributed by atoms with Crippen molar-refractivity contribution in [2.75, 3.05) is 6.54 Å². The number of fused-ring (bicyclic) bond motifs is 1. The number of oxazole rings is 1. The molecule has 0 spiro atoms. The molecule has 0 radical (unpaired) electrons. The lowest BCUT2D eigenvalue weighted by Gasteiger charge is -2.10. The van der Waals surface area contributed by atoms with E-state index in [0.717, 1.165) is 5.56 Å². The van der Waals surface area contributed by atoms with Gasteiger partial charge >= 0.3 is 0 Å². The van der Waals surface area contributed by atoms with E-state index in [-0.39, 0.29) is 11.7 Å². The highest BCUT2D eigenvalue weighted by Gasteiger charge is 2.28. The van der Waals surface area contributed by atoms with E-state index in [9.17, 15) is 9.18 Å². The fourth-order valence-corrected chi connectivity index (χ4v) is 3.13. The number of halogens is 2. The molecule has 3 aromatic rings. The molecule has 1 aliphatic rings. The Balaban J connectivity index is 1.29. The summed E-state index contributed by atoms with van der Waals surface area (Å²) in [5.74, 6) is 0.624. The fraction of sp³-hybridized carbons (Fsp3) is 0.200. The number of carbonyl (C=O) groups excluding carboxylic acids is 1. The molecule has 1 aromatic heterocycles. The standard InChI is InChI=1S/C20H16ClFN2O3/c21-14-3-6-17-13(9-14)10-18(27-17)19(25)23-8-7-16-11-26-20(24-16)12-1-4-15(22)5-2-12/h1-6,9,11,18H,7-8,10H2,(H,23,25)/t18-/m1/s1. The van der Waals surface area contributed by atoms with Crippen molar-refractivity contribution in [2.24, 2.45) is 0 Å². The predicted octanol–water partition coefficient (Wildman–Crippen LogP) is 3.80. The number of aromatic nitrogens is 1. The highest BCUT2D eigenvalue weighted by molar-refractivity contribution is 6.30. The molecule has 4 rings (SSSR count). The minimum absolute atomic E-state index is 0.176. The van der Waals surface area contributed by atoms with E-state index in [1.54, 1.807) is 24.3 Å². The van der Waals surface area contributed by atoms with Crippen molar-refractivity contribution in [1.29, 1.82) is 0 Å². The third-order valence-corrected chi connectivity index (χ3v) is 4.55. The van der Waals surface area contributed by atoms with Gasteiger partial charge in [0, 0.05) is 30.0 Å². The van der Waals surface area contributed by atoms with Crippen LogP contribution in [0.15, 0.2) is 53.1 Å². The van der Waals surface area contributed by atoms with E-state index in [1.807, 2.05) is 6.07 Å². The Kier molecular flexibility index (Phi) is 4.81. The highest BCUT2D eigenvalue weighted by Crippen LogP contribution is 2.31. The number of rotatable bonds is 5. The zero-order valence-corrected chi connectivity index (χ0v) is 15.0. The molecule has 27 heavy (non-hydrogen) atoms. The summed E-state index contributed by atoms with van der Waals surface area (Å²) in [5.41, 5.74) is 2.34. The van der Waals surface area contributed by atoms with Gasteiger partial charge in [-0.15, -0.1) is 0 Å². The SMILES string of the molecule is O=C(NCCc1coc(-c2ccc(F)cc2)n1)[C@H]1Cc2cc(Cl)ccc2O1. The van der Waals surface area contributed by atoms with Crippen molar-refractivity contribution < 1.29 is 18.3 Å². The molecule has 2 aromatic carbocycles. The molecule has 1 N–H and O–H groups in total. The number of nitrogens with one attached hydrogen (secondary N) is 1. The largest absolute Gasteiger partial charge is 0.480 e. The average molecular weight is 387 g/mol. The van der Waals surface area contributed by atoms with Crippen LogP contribution in [0.3, 0.4) is 0 Å². The summed E-state index contributed by atoms with van der Waals surface area (Å²) in [6, 6.07) is 11.2. The van der Waals surface area contributed by atoms with E-state index >= 15 is 0 Å². The Morgan fingerprint density at radius 3 is 2.89 bits per heavy atom. The molecule has 0 bridgehead atoms. The number of nitrogens with zero attached hydrogens (tertiary/aromatic N) is 1. The summed E-state index contributed by atoms with van der Waals surface area (Å²) < 4.78 is 24.1. The van der Waals surface area contributed by atoms with E-state index in [4.69, 9.17) is 20.8 Å². The Morgan fingerprint density at radius 1 is 1.26 bits per heavy atom. The minimum atomic E-state index is -0.550. The van der Waals surface area contributed by atoms with Crippen LogP contribution in [-0.4, -0.2) is 23.5 Å². The van der Waals surface area contributed by atoms with Crippen molar-refractivity contribution in [3.63, 3.8) is 0 Å². The number of amides is 1. The topological polar surface area (TPSA) is 64.4 Å². The van der Waals surface area contributed by atoms with Gasteiger partial charge in [-0.2, -0.15) is 0 Å². The Labute approximate surface area is 160 Å². The maximum absolute atomic E-state index is 13.0. The first-order valence-corrected chi connectivity index (χ1v) is 8.89. The van der Waals surface area contributed by atoms with E-state index in [1.165, 1.54) is 18.4 Å². The fourth-order valence-electron chi connectivity index (χ4n) is 2.94. The summed E-state index contributed by atoms with van der Waals surface area (Å²) >= 11 is 5.97. The molecule has 5 nitrogen and oxygen atoms in total. The normalized spacial score (nSPS) is 15.3. The van der Waals surface area contributed by atoms with Crippen LogP contribution in [0.2, 0.25) is 5.02 Å². The monoisotopic (exact) mass is 386 g/mol. The van der Waals surface area contributed by atoms with Crippen LogP contribution in [0.25, 0.3) is 11.5 Å². The number of carbonyl (C=O) groups is 1. The smallest absolute Gasteiger partial charge is 0.261 e. The summed E-state index contributed by atoms with van der Waals surface area (Å²) in [7, 11) is 0. The molecular formula is C20H16ClFN2O3. The van der Waals surface area contributed by atoms with E-state index in [0.29, 0.717) is 47.3 Å². The molecule has 7 heteroatoms. The lowest BCUT2D eigenvalue weighted by molar-refractivity contribution is -0.127. The molecule has 0 fully saturated rings. The summed E-state index contributed by atoms with van der Waals surface area (Å²) in [6.45, 7) is 0.408. The molecule has 2 heterocycles. The molecule has 1 aliphatic heterocycles. The van der Waals surface area contributed by atoms with Gasteiger partial charge in [0.25, 0.3) is 5.91 Å². The molecule has 0 unspecified atom stereocenters. The van der Waals surface area contributed by atoms with Crippen LogP contribution in [0.4, 0.5) is 4.39 Å². The van der Waals surface area contributed by atoms with Gasteiger partial charge in [0.2, 0.25) is 5.89 Å². The maximum Gasteiger partial charge on any atom is 0.261 e. The van der Waals surface area contributed by atoms with Gasteiger partial charge in [-0.1, -0.05) is 11.6 Å². The van der Waals surface area contributed by atoms with Crippen LogP contribution in [0.1, 0.15) is 11.3 Å². The van der Waals surface area contributed by atoms with Gasteiger partial charge in [-0.3, -0.25) is 4.79 Å². The van der Waals surface area contributed by atoms with Crippen molar-refractivity contribution in [2.45, 2.75) is 18.9 Å². The average Bonchev–Trinajstić information content (AvgIpc) is 3.29. The second-order valence-corrected chi connectivity index (χ2v) is 6.69. The van der Waals surface area contributed by atoms with Gasteiger partial charge < -0.3 is 14.5 Å². The molecule has 0 saturated carbocycles. The number of ether oxygens (including phenoxy) is 1. The quantitative estimate of drug-likeness (QED) is 0.724. The molecule has 0 aliphatic carbocycles. The van der Waals surface area contributed by atoms with Crippen LogP contribution in [0, 0.1) is 5.82 Å². The lowest BCUT2D eigenvalue weighted by Crippen LogP contribution is -2.38. The van der Waals surface area contributed by atoms with Gasteiger partial charge in [-0.25, -0.2) is 9.37 Å². The number of hydrogen-bond acceptors (Lipinski definition) is 4. The van der Waals surface area contributed by atoms with Crippen molar-refractivity contribution >= 4 is 17.5 Å². The second kappa shape index (κ2) is 7.40.